The summed E-state index contributed by atoms with van der Waals surface area (Å²) in [4.78, 5) is 24.9. The van der Waals surface area contributed by atoms with Crippen molar-refractivity contribution in [3.05, 3.63) is 51.8 Å². The number of hydrogen-bond donors (Lipinski definition) is 1. The zero-order valence-corrected chi connectivity index (χ0v) is 14.7. The highest BCUT2D eigenvalue weighted by molar-refractivity contribution is 9.10. The van der Waals surface area contributed by atoms with Gasteiger partial charge in [-0.1, -0.05) is 33.2 Å². The highest BCUT2D eigenvalue weighted by atomic mass is 79.9. The monoisotopic (exact) mass is 396 g/mol. The molecule has 2 rings (SSSR count). The maximum Gasteiger partial charge on any atom is 0.305 e. The molecule has 1 heterocycles. The number of methoxy groups -OCH3 is 1. The fourth-order valence-electron chi connectivity index (χ4n) is 2.12. The van der Waals surface area contributed by atoms with E-state index in [1.807, 2.05) is 24.3 Å². The normalized spacial score (nSPS) is 10.6. The van der Waals surface area contributed by atoms with E-state index in [9.17, 15) is 9.59 Å². The minimum Gasteiger partial charge on any atom is -0.481 e. The zero-order chi connectivity index (χ0) is 17.5. The van der Waals surface area contributed by atoms with Gasteiger partial charge in [-0.3, -0.25) is 9.59 Å². The van der Waals surface area contributed by atoms with E-state index in [0.717, 1.165) is 10.0 Å². The molecule has 0 saturated carbocycles. The van der Waals surface area contributed by atoms with Gasteiger partial charge in [0.1, 0.15) is 6.61 Å². The fraction of sp³-hybridized carbons (Fsp3) is 0.312. The second-order valence-corrected chi connectivity index (χ2v) is 6.03. The van der Waals surface area contributed by atoms with Crippen molar-refractivity contribution in [1.82, 2.24) is 10.1 Å². The molecular formula is C16H17BrN2O5. The van der Waals surface area contributed by atoms with E-state index in [4.69, 9.17) is 14.4 Å². The van der Waals surface area contributed by atoms with Crippen molar-refractivity contribution in [2.75, 3.05) is 13.7 Å². The Morgan fingerprint density at radius 1 is 1.38 bits per heavy atom. The van der Waals surface area contributed by atoms with Crippen LogP contribution in [0.2, 0.25) is 0 Å². The van der Waals surface area contributed by atoms with Crippen LogP contribution in [0.15, 0.2) is 39.3 Å². The summed E-state index contributed by atoms with van der Waals surface area (Å²) in [5, 5.41) is 12.6. The van der Waals surface area contributed by atoms with Gasteiger partial charge in [-0.2, -0.15) is 0 Å². The van der Waals surface area contributed by atoms with Gasteiger partial charge in [-0.15, -0.1) is 0 Å². The Labute approximate surface area is 147 Å². The zero-order valence-electron chi connectivity index (χ0n) is 13.1. The van der Waals surface area contributed by atoms with Gasteiger partial charge < -0.3 is 19.3 Å². The van der Waals surface area contributed by atoms with Gasteiger partial charge >= 0.3 is 5.97 Å². The van der Waals surface area contributed by atoms with Crippen molar-refractivity contribution in [3.8, 4) is 0 Å². The third-order valence-electron chi connectivity index (χ3n) is 3.21. The molecule has 8 heteroatoms. The Balaban J connectivity index is 2.17. The highest BCUT2D eigenvalue weighted by Crippen LogP contribution is 2.16. The number of benzene rings is 1. The van der Waals surface area contributed by atoms with Crippen LogP contribution in [0.1, 0.15) is 28.2 Å². The Morgan fingerprint density at radius 3 is 2.83 bits per heavy atom. The molecule has 0 fully saturated rings. The van der Waals surface area contributed by atoms with E-state index in [1.54, 1.807) is 0 Å². The summed E-state index contributed by atoms with van der Waals surface area (Å²) < 4.78 is 10.8. The van der Waals surface area contributed by atoms with E-state index in [2.05, 4.69) is 21.1 Å². The van der Waals surface area contributed by atoms with Crippen molar-refractivity contribution in [1.29, 1.82) is 0 Å². The number of nitrogens with zero attached hydrogens (tertiary/aromatic N) is 2. The van der Waals surface area contributed by atoms with Crippen LogP contribution >= 0.6 is 15.9 Å². The van der Waals surface area contributed by atoms with Gasteiger partial charge in [0.2, 0.25) is 0 Å². The second kappa shape index (κ2) is 8.60. The van der Waals surface area contributed by atoms with Gasteiger partial charge in [-0.25, -0.2) is 0 Å². The smallest absolute Gasteiger partial charge is 0.305 e. The van der Waals surface area contributed by atoms with Gasteiger partial charge in [0.25, 0.3) is 5.91 Å². The predicted molar refractivity (Wildman–Crippen MR) is 88.4 cm³/mol. The largest absolute Gasteiger partial charge is 0.481 e. The van der Waals surface area contributed by atoms with Crippen LogP contribution in [0.3, 0.4) is 0 Å². The van der Waals surface area contributed by atoms with Gasteiger partial charge in [-0.05, 0) is 17.7 Å². The van der Waals surface area contributed by atoms with Crippen LogP contribution in [0.5, 0.6) is 0 Å². The number of rotatable bonds is 8. The predicted octanol–water partition coefficient (Wildman–Crippen LogP) is 2.70. The summed E-state index contributed by atoms with van der Waals surface area (Å²) in [5.41, 5.74) is 1.01. The summed E-state index contributed by atoms with van der Waals surface area (Å²) in [6, 6.07) is 8.97. The number of carboxylic acid groups (broad SMARTS) is 1. The molecule has 128 valence electrons. The molecule has 0 atom stereocenters. The van der Waals surface area contributed by atoms with E-state index in [-0.39, 0.29) is 37.7 Å². The third-order valence-corrected chi connectivity index (χ3v) is 3.70. The van der Waals surface area contributed by atoms with Crippen LogP contribution in [-0.4, -0.2) is 40.7 Å². The second-order valence-electron chi connectivity index (χ2n) is 5.11. The first-order chi connectivity index (χ1) is 11.5. The summed E-state index contributed by atoms with van der Waals surface area (Å²) in [7, 11) is 1.51. The molecule has 24 heavy (non-hydrogen) atoms. The van der Waals surface area contributed by atoms with Crippen LogP contribution in [0.4, 0.5) is 0 Å². The Kier molecular flexibility index (Phi) is 6.51. The summed E-state index contributed by atoms with van der Waals surface area (Å²) in [6.07, 6.45) is -0.150. The average molecular weight is 397 g/mol. The van der Waals surface area contributed by atoms with Crippen LogP contribution < -0.4 is 0 Å². The minimum atomic E-state index is -0.970. The topological polar surface area (TPSA) is 92.9 Å². The molecule has 0 bridgehead atoms. The molecule has 1 amide bonds. The number of hydrogen-bond acceptors (Lipinski definition) is 5. The molecule has 7 nitrogen and oxygen atoms in total. The highest BCUT2D eigenvalue weighted by Gasteiger charge is 2.21. The van der Waals surface area contributed by atoms with Gasteiger partial charge in [0.15, 0.2) is 11.5 Å². The number of amides is 1. The molecule has 0 spiro atoms. The van der Waals surface area contributed by atoms with Crippen LogP contribution in [0.25, 0.3) is 0 Å². The molecule has 1 N–H and O–H groups in total. The minimum absolute atomic E-state index is 0.0765. The molecular weight excluding hydrogens is 380 g/mol. The van der Waals surface area contributed by atoms with Gasteiger partial charge in [0.05, 0.1) is 6.42 Å². The first-order valence-electron chi connectivity index (χ1n) is 7.19. The van der Waals surface area contributed by atoms with E-state index in [0.29, 0.717) is 5.76 Å². The molecule has 2 aromatic rings. The maximum absolute atomic E-state index is 12.6. The molecule has 0 saturated heterocycles. The average Bonchev–Trinajstić information content (AvgIpc) is 2.99. The summed E-state index contributed by atoms with van der Waals surface area (Å²) in [6.45, 7) is 0.562. The van der Waals surface area contributed by atoms with Crippen molar-refractivity contribution >= 4 is 27.8 Å². The van der Waals surface area contributed by atoms with Crippen molar-refractivity contribution < 1.29 is 24.0 Å². The van der Waals surface area contributed by atoms with Crippen molar-refractivity contribution in [3.63, 3.8) is 0 Å². The first-order valence-corrected chi connectivity index (χ1v) is 7.99. The molecule has 0 aliphatic carbocycles. The lowest BCUT2D eigenvalue weighted by molar-refractivity contribution is -0.137. The number of aliphatic carboxylic acids is 1. The lowest BCUT2D eigenvalue weighted by atomic mass is 10.2. The number of carbonyl (C=O) groups excluding carboxylic acids is 1. The van der Waals surface area contributed by atoms with Crippen LogP contribution in [-0.2, 0) is 22.7 Å². The van der Waals surface area contributed by atoms with Crippen molar-refractivity contribution in [2.24, 2.45) is 0 Å². The third kappa shape index (κ3) is 5.17. The quantitative estimate of drug-likeness (QED) is 0.737. The van der Waals surface area contributed by atoms with E-state index >= 15 is 0 Å². The number of aromatic nitrogens is 1. The first kappa shape index (κ1) is 18.2. The number of carboxylic acids is 1. The Bertz CT molecular complexity index is 716. The molecule has 1 aromatic heterocycles. The number of carbonyl (C=O) groups is 2. The molecule has 1 aromatic carbocycles. The lowest BCUT2D eigenvalue weighted by Crippen LogP contribution is -2.32. The maximum atomic E-state index is 12.6. The Hall–Kier alpha value is -2.19. The molecule has 0 aliphatic heterocycles. The molecule has 0 aliphatic rings. The Morgan fingerprint density at radius 2 is 2.17 bits per heavy atom. The van der Waals surface area contributed by atoms with E-state index in [1.165, 1.54) is 18.1 Å². The fourth-order valence-corrected chi connectivity index (χ4v) is 2.57. The lowest BCUT2D eigenvalue weighted by Gasteiger charge is -2.21. The number of halogens is 1. The SMILES string of the molecule is COCc1cc(C(=O)N(CCC(=O)O)Cc2cccc(Br)c2)no1. The van der Waals surface area contributed by atoms with Crippen molar-refractivity contribution in [2.45, 2.75) is 19.6 Å². The number of ether oxygens (including phenoxy) is 1. The molecule has 0 radical (unpaired) electrons. The summed E-state index contributed by atoms with van der Waals surface area (Å²) in [5.74, 6) is -0.925. The van der Waals surface area contributed by atoms with E-state index < -0.39 is 5.97 Å². The standard InChI is InChI=1S/C16H17BrN2O5/c1-23-10-13-8-14(18-24-13)16(22)19(6-5-15(20)21)9-11-3-2-4-12(17)7-11/h2-4,7-8H,5-6,9-10H2,1H3,(H,20,21). The molecule has 0 unspecified atom stereocenters. The van der Waals surface area contributed by atoms with Gasteiger partial charge in [0, 0.05) is 30.7 Å². The summed E-state index contributed by atoms with van der Waals surface area (Å²) >= 11 is 3.38. The van der Waals surface area contributed by atoms with Crippen LogP contribution in [0, 0.1) is 0 Å².